The van der Waals surface area contributed by atoms with E-state index in [0.29, 0.717) is 36.9 Å². The molecular weight excluding hydrogens is 448 g/mol. The lowest BCUT2D eigenvalue weighted by molar-refractivity contribution is -0.157. The Labute approximate surface area is 203 Å². The Hall–Kier alpha value is -1.79. The summed E-state index contributed by atoms with van der Waals surface area (Å²) in [5.41, 5.74) is 1.41. The highest BCUT2D eigenvalue weighted by molar-refractivity contribution is 7.86. The molecule has 0 N–H and O–H groups in total. The third-order valence-corrected chi connectivity index (χ3v) is 11.2. The van der Waals surface area contributed by atoms with E-state index in [1.165, 1.54) is 0 Å². The maximum Gasteiger partial charge on any atom is 0.297 e. The fraction of sp³-hybridized carbons (Fsp3) is 0.643. The molecule has 5 rings (SSSR count). The monoisotopic (exact) mass is 484 g/mol. The number of hydrogen-bond acceptors (Lipinski definition) is 5. The number of carbonyl (C=O) groups is 2. The van der Waals surface area contributed by atoms with Gasteiger partial charge in [0.15, 0.2) is 5.78 Å². The summed E-state index contributed by atoms with van der Waals surface area (Å²) >= 11 is 0. The van der Waals surface area contributed by atoms with Gasteiger partial charge in [-0.25, -0.2) is 0 Å². The summed E-state index contributed by atoms with van der Waals surface area (Å²) in [5.74, 6) is 1.33. The van der Waals surface area contributed by atoms with Crippen molar-refractivity contribution in [3.8, 4) is 0 Å². The minimum absolute atomic E-state index is 0.00121. The van der Waals surface area contributed by atoms with Crippen molar-refractivity contribution in [3.63, 3.8) is 0 Å². The van der Waals surface area contributed by atoms with Crippen LogP contribution in [-0.4, -0.2) is 26.1 Å². The molecule has 0 unspecified atom stereocenters. The number of benzene rings is 1. The van der Waals surface area contributed by atoms with Crippen molar-refractivity contribution < 1.29 is 22.2 Å². The van der Waals surface area contributed by atoms with Crippen molar-refractivity contribution in [1.82, 2.24) is 0 Å². The first-order valence-electron chi connectivity index (χ1n) is 12.7. The van der Waals surface area contributed by atoms with Gasteiger partial charge in [0, 0.05) is 17.8 Å². The van der Waals surface area contributed by atoms with E-state index >= 15 is 0 Å². The van der Waals surface area contributed by atoms with Crippen LogP contribution in [0.3, 0.4) is 0 Å². The first kappa shape index (κ1) is 23.9. The molecule has 34 heavy (non-hydrogen) atoms. The average molecular weight is 485 g/mol. The van der Waals surface area contributed by atoms with Gasteiger partial charge >= 0.3 is 0 Å². The Bertz CT molecular complexity index is 1150. The van der Waals surface area contributed by atoms with Crippen LogP contribution in [0.4, 0.5) is 0 Å². The van der Waals surface area contributed by atoms with E-state index in [-0.39, 0.29) is 39.4 Å². The Balaban J connectivity index is 1.34. The van der Waals surface area contributed by atoms with E-state index in [9.17, 15) is 18.0 Å². The van der Waals surface area contributed by atoms with Gasteiger partial charge in [-0.2, -0.15) is 8.42 Å². The highest BCUT2D eigenvalue weighted by atomic mass is 32.2. The molecular formula is C28H36O5S. The van der Waals surface area contributed by atoms with E-state index in [0.717, 1.165) is 36.8 Å². The third-order valence-electron chi connectivity index (χ3n) is 9.84. The van der Waals surface area contributed by atoms with Crippen molar-refractivity contribution in [1.29, 1.82) is 0 Å². The molecule has 1 aromatic rings. The Morgan fingerprint density at radius 3 is 2.47 bits per heavy atom. The van der Waals surface area contributed by atoms with E-state index in [1.54, 1.807) is 31.2 Å². The smallest absolute Gasteiger partial charge is 0.297 e. The molecule has 0 aliphatic heterocycles. The van der Waals surface area contributed by atoms with Gasteiger partial charge in [-0.3, -0.25) is 13.8 Å². The molecule has 0 saturated heterocycles. The minimum Gasteiger partial charge on any atom is -0.299 e. The molecule has 4 aliphatic carbocycles. The van der Waals surface area contributed by atoms with Gasteiger partial charge in [0.1, 0.15) is 5.78 Å². The van der Waals surface area contributed by atoms with Crippen LogP contribution in [0.5, 0.6) is 0 Å². The second kappa shape index (κ2) is 8.12. The molecule has 0 bridgehead atoms. The molecule has 0 radical (unpaired) electrons. The van der Waals surface area contributed by atoms with Crippen LogP contribution in [0, 0.1) is 41.4 Å². The Kier molecular flexibility index (Phi) is 5.72. The maximum absolute atomic E-state index is 13.7. The van der Waals surface area contributed by atoms with Gasteiger partial charge in [-0.1, -0.05) is 37.6 Å². The lowest BCUT2D eigenvalue weighted by atomic mass is 9.44. The van der Waals surface area contributed by atoms with Crippen LogP contribution in [0.1, 0.15) is 71.3 Å². The average Bonchev–Trinajstić information content (AvgIpc) is 3.10. The van der Waals surface area contributed by atoms with Crippen LogP contribution in [0.15, 0.2) is 40.8 Å². The molecule has 0 heterocycles. The van der Waals surface area contributed by atoms with E-state index in [4.69, 9.17) is 4.18 Å². The molecule has 4 aliphatic rings. The number of fused-ring (bicyclic) bond motifs is 5. The standard InChI is InChI=1S/C28H36O5S/c1-17-5-8-21(9-6-17)34(31,32)33-20-13-14-27(3)19(15-20)7-10-22-24-12-11-23(18(2)29)28(24,4)16-25(30)26(22)27/h5-6,8-9,11,19-20,22,24,26H,7,10,12-16H2,1-4H3/t19-,20+,22-,24+,26-,27-,28-/m0/s1. The topological polar surface area (TPSA) is 77.5 Å². The molecule has 0 amide bonds. The van der Waals surface area contributed by atoms with Gasteiger partial charge in [-0.15, -0.1) is 0 Å². The highest BCUT2D eigenvalue weighted by Crippen LogP contribution is 2.65. The number of allylic oxidation sites excluding steroid dienone is 2. The molecule has 184 valence electrons. The van der Waals surface area contributed by atoms with E-state index in [2.05, 4.69) is 19.9 Å². The van der Waals surface area contributed by atoms with Gasteiger partial charge in [0.05, 0.1) is 11.0 Å². The molecule has 3 saturated carbocycles. The first-order chi connectivity index (χ1) is 16.0. The number of Topliss-reactive ketones (excluding diaryl/α,β-unsaturated/α-hetero) is 2. The van der Waals surface area contributed by atoms with Crippen LogP contribution in [0.2, 0.25) is 0 Å². The van der Waals surface area contributed by atoms with Crippen molar-refractivity contribution in [2.75, 3.05) is 0 Å². The normalized spacial score (nSPS) is 39.6. The highest BCUT2D eigenvalue weighted by Gasteiger charge is 2.62. The summed E-state index contributed by atoms with van der Waals surface area (Å²) < 4.78 is 31.5. The van der Waals surface area contributed by atoms with Crippen molar-refractivity contribution >= 4 is 21.7 Å². The van der Waals surface area contributed by atoms with Crippen LogP contribution in [-0.2, 0) is 23.9 Å². The zero-order valence-corrected chi connectivity index (χ0v) is 21.5. The second-order valence-electron chi connectivity index (χ2n) is 11.8. The Morgan fingerprint density at radius 2 is 1.79 bits per heavy atom. The molecule has 0 aromatic heterocycles. The molecule has 6 heteroatoms. The molecule has 1 aromatic carbocycles. The Morgan fingerprint density at radius 1 is 1.09 bits per heavy atom. The number of hydrogen-bond donors (Lipinski definition) is 0. The van der Waals surface area contributed by atoms with Crippen molar-refractivity contribution in [3.05, 3.63) is 41.5 Å². The summed E-state index contributed by atoms with van der Waals surface area (Å²) in [4.78, 5) is 26.2. The van der Waals surface area contributed by atoms with Gasteiger partial charge in [-0.05, 0) is 93.2 Å². The molecule has 3 fully saturated rings. The number of rotatable bonds is 4. The summed E-state index contributed by atoms with van der Waals surface area (Å²) in [6.45, 7) is 7.93. The van der Waals surface area contributed by atoms with Crippen LogP contribution < -0.4 is 0 Å². The number of ketones is 2. The quantitative estimate of drug-likeness (QED) is 0.534. The second-order valence-corrected chi connectivity index (χ2v) is 13.3. The minimum atomic E-state index is -3.81. The predicted molar refractivity (Wildman–Crippen MR) is 130 cm³/mol. The largest absolute Gasteiger partial charge is 0.299 e. The lowest BCUT2D eigenvalue weighted by Gasteiger charge is -2.59. The molecule has 5 nitrogen and oxygen atoms in total. The van der Waals surface area contributed by atoms with Crippen molar-refractivity contribution in [2.45, 2.75) is 83.6 Å². The third kappa shape index (κ3) is 3.63. The lowest BCUT2D eigenvalue weighted by Crippen LogP contribution is -2.57. The molecule has 0 spiro atoms. The number of aryl methyl sites for hydroxylation is 1. The number of carbonyl (C=O) groups excluding carboxylic acids is 2. The van der Waals surface area contributed by atoms with Crippen molar-refractivity contribution in [2.24, 2.45) is 34.5 Å². The fourth-order valence-electron chi connectivity index (χ4n) is 8.18. The maximum atomic E-state index is 13.7. The van der Waals surface area contributed by atoms with Crippen LogP contribution >= 0.6 is 0 Å². The van der Waals surface area contributed by atoms with Gasteiger partial charge in [0.2, 0.25) is 0 Å². The first-order valence-corrected chi connectivity index (χ1v) is 14.1. The summed E-state index contributed by atoms with van der Waals surface area (Å²) in [5, 5.41) is 0. The fourth-order valence-corrected chi connectivity index (χ4v) is 9.30. The summed E-state index contributed by atoms with van der Waals surface area (Å²) in [7, 11) is -3.81. The summed E-state index contributed by atoms with van der Waals surface area (Å²) in [6.07, 6.45) is 7.17. The molecule has 7 atom stereocenters. The van der Waals surface area contributed by atoms with E-state index in [1.807, 2.05) is 6.92 Å². The SMILES string of the molecule is CC(=O)C1=CC[C@@H]2[C@@H]3CC[C@H]4C[C@H](OS(=O)(=O)c5ccc(C)cc5)CC[C@]4(C)[C@@H]3C(=O)C[C@@]12C. The summed E-state index contributed by atoms with van der Waals surface area (Å²) in [6, 6.07) is 6.78. The van der Waals surface area contributed by atoms with Gasteiger partial charge in [0.25, 0.3) is 10.1 Å². The van der Waals surface area contributed by atoms with Gasteiger partial charge < -0.3 is 0 Å². The zero-order chi connectivity index (χ0) is 24.5. The van der Waals surface area contributed by atoms with E-state index < -0.39 is 10.1 Å². The van der Waals surface area contributed by atoms with Crippen LogP contribution in [0.25, 0.3) is 0 Å². The zero-order valence-electron chi connectivity index (χ0n) is 20.7. The predicted octanol–water partition coefficient (Wildman–Crippen LogP) is 5.42.